The Hall–Kier alpha value is -0.610. The molecule has 1 aliphatic heterocycles. The minimum atomic E-state index is -0.590. The SMILES string of the molecule is CC(C)C[C@H]1O[C@@H](OC(C)C)NC(=O)[C@H]1C. The van der Waals surface area contributed by atoms with E-state index in [0.29, 0.717) is 5.92 Å². The number of nitrogens with one attached hydrogen (secondary N) is 1. The average molecular weight is 229 g/mol. The fourth-order valence-corrected chi connectivity index (χ4v) is 1.76. The zero-order chi connectivity index (χ0) is 12.3. The zero-order valence-electron chi connectivity index (χ0n) is 10.8. The highest BCUT2D eigenvalue weighted by atomic mass is 16.7. The molecule has 0 unspecified atom stereocenters. The van der Waals surface area contributed by atoms with Gasteiger partial charge in [0.1, 0.15) is 0 Å². The Bertz CT molecular complexity index is 240. The molecule has 0 saturated carbocycles. The summed E-state index contributed by atoms with van der Waals surface area (Å²) >= 11 is 0. The monoisotopic (exact) mass is 229 g/mol. The van der Waals surface area contributed by atoms with Gasteiger partial charge >= 0.3 is 0 Å². The maximum absolute atomic E-state index is 11.7. The van der Waals surface area contributed by atoms with Crippen molar-refractivity contribution in [3.05, 3.63) is 0 Å². The van der Waals surface area contributed by atoms with Gasteiger partial charge in [-0.3, -0.25) is 4.79 Å². The fourth-order valence-electron chi connectivity index (χ4n) is 1.76. The highest BCUT2D eigenvalue weighted by molar-refractivity contribution is 5.79. The molecule has 4 nitrogen and oxygen atoms in total. The van der Waals surface area contributed by atoms with Gasteiger partial charge in [0, 0.05) is 0 Å². The van der Waals surface area contributed by atoms with E-state index in [4.69, 9.17) is 9.47 Å². The van der Waals surface area contributed by atoms with E-state index in [-0.39, 0.29) is 24.0 Å². The summed E-state index contributed by atoms with van der Waals surface area (Å²) in [5.74, 6) is 0.426. The Kier molecular flexibility index (Phi) is 4.74. The number of carbonyl (C=O) groups excluding carboxylic acids is 1. The van der Waals surface area contributed by atoms with Crippen LogP contribution in [-0.4, -0.2) is 24.5 Å². The molecule has 1 heterocycles. The number of hydrogen-bond acceptors (Lipinski definition) is 3. The van der Waals surface area contributed by atoms with Gasteiger partial charge in [0.2, 0.25) is 12.3 Å². The lowest BCUT2D eigenvalue weighted by molar-refractivity contribution is -0.232. The van der Waals surface area contributed by atoms with Crippen molar-refractivity contribution < 1.29 is 14.3 Å². The maximum atomic E-state index is 11.7. The van der Waals surface area contributed by atoms with Crippen LogP contribution in [-0.2, 0) is 14.3 Å². The number of amides is 1. The molecule has 1 rings (SSSR count). The summed E-state index contributed by atoms with van der Waals surface area (Å²) in [5.41, 5.74) is 0. The molecular formula is C12H23NO3. The Morgan fingerprint density at radius 3 is 2.50 bits per heavy atom. The van der Waals surface area contributed by atoms with Crippen molar-refractivity contribution in [3.8, 4) is 0 Å². The number of rotatable bonds is 4. The third kappa shape index (κ3) is 3.76. The van der Waals surface area contributed by atoms with Crippen LogP contribution in [0.5, 0.6) is 0 Å². The van der Waals surface area contributed by atoms with Crippen molar-refractivity contribution >= 4 is 5.91 Å². The molecule has 1 fully saturated rings. The second-order valence-corrected chi connectivity index (χ2v) is 5.12. The Morgan fingerprint density at radius 2 is 2.00 bits per heavy atom. The van der Waals surface area contributed by atoms with E-state index in [1.807, 2.05) is 20.8 Å². The maximum Gasteiger partial charge on any atom is 0.240 e. The minimum Gasteiger partial charge on any atom is -0.333 e. The van der Waals surface area contributed by atoms with Gasteiger partial charge in [0.25, 0.3) is 0 Å². The Morgan fingerprint density at radius 1 is 1.38 bits per heavy atom. The van der Waals surface area contributed by atoms with Gasteiger partial charge in [-0.2, -0.15) is 0 Å². The van der Waals surface area contributed by atoms with Gasteiger partial charge in [0.15, 0.2) is 0 Å². The normalized spacial score (nSPS) is 30.9. The van der Waals surface area contributed by atoms with Crippen LogP contribution in [0.1, 0.15) is 41.0 Å². The molecule has 1 amide bonds. The predicted octanol–water partition coefficient (Wildman–Crippen LogP) is 1.89. The van der Waals surface area contributed by atoms with Crippen LogP contribution >= 0.6 is 0 Å². The molecule has 0 bridgehead atoms. The van der Waals surface area contributed by atoms with Gasteiger partial charge < -0.3 is 14.8 Å². The van der Waals surface area contributed by atoms with Crippen molar-refractivity contribution in [2.45, 2.75) is 59.7 Å². The van der Waals surface area contributed by atoms with Crippen molar-refractivity contribution in [2.24, 2.45) is 11.8 Å². The molecule has 16 heavy (non-hydrogen) atoms. The van der Waals surface area contributed by atoms with E-state index in [1.165, 1.54) is 0 Å². The van der Waals surface area contributed by atoms with Crippen molar-refractivity contribution in [2.75, 3.05) is 0 Å². The highest BCUT2D eigenvalue weighted by Gasteiger charge is 2.35. The van der Waals surface area contributed by atoms with Crippen molar-refractivity contribution in [3.63, 3.8) is 0 Å². The van der Waals surface area contributed by atoms with Crippen LogP contribution < -0.4 is 5.32 Å². The van der Waals surface area contributed by atoms with Crippen LogP contribution in [0.2, 0.25) is 0 Å². The third-order valence-electron chi connectivity index (χ3n) is 2.63. The fraction of sp³-hybridized carbons (Fsp3) is 0.917. The second-order valence-electron chi connectivity index (χ2n) is 5.12. The molecule has 0 spiro atoms. The minimum absolute atomic E-state index is 0.0163. The molecule has 0 radical (unpaired) electrons. The third-order valence-corrected chi connectivity index (χ3v) is 2.63. The summed E-state index contributed by atoms with van der Waals surface area (Å²) in [6, 6.07) is 0. The van der Waals surface area contributed by atoms with Crippen LogP contribution in [0.15, 0.2) is 0 Å². The average Bonchev–Trinajstić information content (AvgIpc) is 2.11. The molecule has 1 saturated heterocycles. The van der Waals surface area contributed by atoms with E-state index in [1.54, 1.807) is 0 Å². The zero-order valence-corrected chi connectivity index (χ0v) is 10.8. The summed E-state index contributed by atoms with van der Waals surface area (Å²) in [5, 5.41) is 2.72. The largest absolute Gasteiger partial charge is 0.333 e. The summed E-state index contributed by atoms with van der Waals surface area (Å²) < 4.78 is 11.2. The number of ether oxygens (including phenoxy) is 2. The summed E-state index contributed by atoms with van der Waals surface area (Å²) in [6.07, 6.45) is 0.287. The van der Waals surface area contributed by atoms with E-state index < -0.39 is 6.41 Å². The number of hydrogen-bond donors (Lipinski definition) is 1. The van der Waals surface area contributed by atoms with Crippen molar-refractivity contribution in [1.29, 1.82) is 0 Å². The van der Waals surface area contributed by atoms with Gasteiger partial charge in [0.05, 0.1) is 18.1 Å². The highest BCUT2D eigenvalue weighted by Crippen LogP contribution is 2.22. The Balaban J connectivity index is 2.58. The molecule has 1 N–H and O–H groups in total. The lowest BCUT2D eigenvalue weighted by Gasteiger charge is -2.36. The van der Waals surface area contributed by atoms with Crippen LogP contribution in [0.25, 0.3) is 0 Å². The lowest BCUT2D eigenvalue weighted by atomic mass is 9.94. The van der Waals surface area contributed by atoms with E-state index >= 15 is 0 Å². The van der Waals surface area contributed by atoms with Gasteiger partial charge in [-0.15, -0.1) is 0 Å². The molecule has 4 heteroatoms. The van der Waals surface area contributed by atoms with Crippen LogP contribution in [0.3, 0.4) is 0 Å². The first-order chi connectivity index (χ1) is 7.40. The van der Waals surface area contributed by atoms with Gasteiger partial charge in [-0.25, -0.2) is 0 Å². The van der Waals surface area contributed by atoms with Crippen LogP contribution in [0.4, 0.5) is 0 Å². The lowest BCUT2D eigenvalue weighted by Crippen LogP contribution is -2.53. The summed E-state index contributed by atoms with van der Waals surface area (Å²) in [7, 11) is 0. The standard InChI is InChI=1S/C12H23NO3/c1-7(2)6-10-9(5)11(14)13-12(16-10)15-8(3)4/h7-10,12H,6H2,1-5H3,(H,13,14)/t9-,10+,12+/m0/s1. The van der Waals surface area contributed by atoms with Gasteiger partial charge in [-0.05, 0) is 26.2 Å². The molecular weight excluding hydrogens is 206 g/mol. The van der Waals surface area contributed by atoms with Crippen molar-refractivity contribution in [1.82, 2.24) is 5.32 Å². The molecule has 0 aromatic heterocycles. The van der Waals surface area contributed by atoms with Gasteiger partial charge in [-0.1, -0.05) is 20.8 Å². The molecule has 3 atom stereocenters. The second kappa shape index (κ2) is 5.64. The summed E-state index contributed by atoms with van der Waals surface area (Å²) in [6.45, 7) is 9.99. The van der Waals surface area contributed by atoms with E-state index in [2.05, 4.69) is 19.2 Å². The van der Waals surface area contributed by atoms with E-state index in [0.717, 1.165) is 6.42 Å². The van der Waals surface area contributed by atoms with E-state index in [9.17, 15) is 4.79 Å². The number of carbonyl (C=O) groups is 1. The molecule has 0 aliphatic carbocycles. The first-order valence-corrected chi connectivity index (χ1v) is 6.01. The topological polar surface area (TPSA) is 47.6 Å². The quantitative estimate of drug-likeness (QED) is 0.801. The first-order valence-electron chi connectivity index (χ1n) is 6.01. The molecule has 1 aliphatic rings. The molecule has 94 valence electrons. The summed E-state index contributed by atoms with van der Waals surface area (Å²) in [4.78, 5) is 11.7. The van der Waals surface area contributed by atoms with Crippen LogP contribution in [0, 0.1) is 11.8 Å². The Labute approximate surface area is 97.7 Å². The smallest absolute Gasteiger partial charge is 0.240 e. The molecule has 0 aromatic rings. The predicted molar refractivity (Wildman–Crippen MR) is 61.6 cm³/mol. The molecule has 0 aromatic carbocycles. The first kappa shape index (κ1) is 13.5.